The SMILES string of the molecule is Cc1ccc(S(=O)(=O)N(CC(=O)NC(C)c2ccc(S(C)(=O)=O)cc2)c2ccc(C)cc2C)cc1. The molecular weight excluding hydrogens is 484 g/mol. The minimum Gasteiger partial charge on any atom is -0.348 e. The van der Waals surface area contributed by atoms with E-state index in [0.717, 1.165) is 27.3 Å². The first-order valence-electron chi connectivity index (χ1n) is 11.0. The minimum absolute atomic E-state index is 0.0975. The number of hydrogen-bond acceptors (Lipinski definition) is 5. The van der Waals surface area contributed by atoms with Gasteiger partial charge in [-0.3, -0.25) is 9.10 Å². The second-order valence-corrected chi connectivity index (χ2v) is 12.6. The van der Waals surface area contributed by atoms with Crippen molar-refractivity contribution in [2.24, 2.45) is 0 Å². The number of carbonyl (C=O) groups is 1. The molecule has 186 valence electrons. The molecule has 7 nitrogen and oxygen atoms in total. The number of aryl methyl sites for hydroxylation is 3. The van der Waals surface area contributed by atoms with Gasteiger partial charge in [-0.15, -0.1) is 0 Å². The number of rotatable bonds is 8. The zero-order valence-electron chi connectivity index (χ0n) is 20.4. The fourth-order valence-corrected chi connectivity index (χ4v) is 5.84. The first-order chi connectivity index (χ1) is 16.3. The van der Waals surface area contributed by atoms with Crippen molar-refractivity contribution in [3.05, 3.63) is 89.0 Å². The Morgan fingerprint density at radius 1 is 0.829 bits per heavy atom. The summed E-state index contributed by atoms with van der Waals surface area (Å²) < 4.78 is 51.7. The van der Waals surface area contributed by atoms with Crippen LogP contribution in [0.5, 0.6) is 0 Å². The second kappa shape index (κ2) is 10.2. The Kier molecular flexibility index (Phi) is 7.71. The fraction of sp³-hybridized carbons (Fsp3) is 0.269. The van der Waals surface area contributed by atoms with E-state index in [4.69, 9.17) is 0 Å². The Bertz CT molecular complexity index is 1430. The normalized spacial score (nSPS) is 12.7. The summed E-state index contributed by atoms with van der Waals surface area (Å²) in [7, 11) is -7.35. The van der Waals surface area contributed by atoms with Crippen LogP contribution in [-0.4, -0.2) is 35.5 Å². The lowest BCUT2D eigenvalue weighted by molar-refractivity contribution is -0.120. The predicted molar refractivity (Wildman–Crippen MR) is 138 cm³/mol. The van der Waals surface area contributed by atoms with Gasteiger partial charge < -0.3 is 5.32 Å². The van der Waals surface area contributed by atoms with Gasteiger partial charge in [0.2, 0.25) is 5.91 Å². The number of anilines is 1. The molecule has 3 rings (SSSR count). The van der Waals surface area contributed by atoms with Gasteiger partial charge in [0.05, 0.1) is 21.5 Å². The summed E-state index contributed by atoms with van der Waals surface area (Å²) in [5, 5.41) is 2.82. The highest BCUT2D eigenvalue weighted by molar-refractivity contribution is 7.93. The van der Waals surface area contributed by atoms with Crippen LogP contribution in [0.15, 0.2) is 76.5 Å². The quantitative estimate of drug-likeness (QED) is 0.488. The van der Waals surface area contributed by atoms with E-state index in [-0.39, 0.29) is 9.79 Å². The van der Waals surface area contributed by atoms with Crippen LogP contribution in [0.25, 0.3) is 0 Å². The minimum atomic E-state index is -4.02. The first-order valence-corrected chi connectivity index (χ1v) is 14.4. The average molecular weight is 515 g/mol. The van der Waals surface area contributed by atoms with E-state index in [1.165, 1.54) is 24.3 Å². The summed E-state index contributed by atoms with van der Waals surface area (Å²) in [6.07, 6.45) is 1.13. The molecule has 0 fully saturated rings. The van der Waals surface area contributed by atoms with Crippen LogP contribution in [0.1, 0.15) is 35.2 Å². The van der Waals surface area contributed by atoms with Crippen molar-refractivity contribution in [1.29, 1.82) is 0 Å². The maximum atomic E-state index is 13.6. The van der Waals surface area contributed by atoms with E-state index in [1.54, 1.807) is 37.3 Å². The summed E-state index contributed by atoms with van der Waals surface area (Å²) in [6, 6.07) is 17.7. The van der Waals surface area contributed by atoms with Crippen molar-refractivity contribution in [3.8, 4) is 0 Å². The van der Waals surface area contributed by atoms with Crippen LogP contribution in [0.3, 0.4) is 0 Å². The van der Waals surface area contributed by atoms with Gasteiger partial charge in [-0.2, -0.15) is 0 Å². The molecule has 0 aliphatic carbocycles. The fourth-order valence-electron chi connectivity index (χ4n) is 3.73. The third kappa shape index (κ3) is 6.29. The Morgan fingerprint density at radius 3 is 1.91 bits per heavy atom. The van der Waals surface area contributed by atoms with Crippen LogP contribution < -0.4 is 9.62 Å². The Balaban J connectivity index is 1.90. The highest BCUT2D eigenvalue weighted by Crippen LogP contribution is 2.28. The molecule has 0 spiro atoms. The zero-order chi connectivity index (χ0) is 26.0. The number of hydrogen-bond donors (Lipinski definition) is 1. The number of amides is 1. The van der Waals surface area contributed by atoms with Crippen LogP contribution in [0, 0.1) is 20.8 Å². The summed E-state index contributed by atoms with van der Waals surface area (Å²) in [4.78, 5) is 13.3. The van der Waals surface area contributed by atoms with Gasteiger partial charge in [-0.05, 0) is 69.2 Å². The molecule has 3 aromatic carbocycles. The monoisotopic (exact) mass is 514 g/mol. The number of nitrogens with zero attached hydrogens (tertiary/aromatic N) is 1. The molecule has 1 N–H and O–H groups in total. The summed E-state index contributed by atoms with van der Waals surface area (Å²) in [5.74, 6) is -0.486. The van der Waals surface area contributed by atoms with E-state index in [0.29, 0.717) is 11.3 Å². The second-order valence-electron chi connectivity index (χ2n) is 8.75. The lowest BCUT2D eigenvalue weighted by atomic mass is 10.1. The summed E-state index contributed by atoms with van der Waals surface area (Å²) in [6.45, 7) is 6.94. The summed E-state index contributed by atoms with van der Waals surface area (Å²) >= 11 is 0. The largest absolute Gasteiger partial charge is 0.348 e. The van der Waals surface area contributed by atoms with Gasteiger partial charge in [-0.25, -0.2) is 16.8 Å². The lowest BCUT2D eigenvalue weighted by Gasteiger charge is -2.26. The molecule has 0 aliphatic rings. The van der Waals surface area contributed by atoms with E-state index >= 15 is 0 Å². The van der Waals surface area contributed by atoms with Crippen molar-refractivity contribution in [2.45, 2.75) is 43.5 Å². The molecule has 3 aromatic rings. The maximum absolute atomic E-state index is 13.6. The van der Waals surface area contributed by atoms with Gasteiger partial charge in [0.1, 0.15) is 6.54 Å². The van der Waals surface area contributed by atoms with Crippen molar-refractivity contribution < 1.29 is 21.6 Å². The molecule has 0 bridgehead atoms. The molecule has 0 saturated heterocycles. The standard InChI is InChI=1S/C26H30N2O5S2/c1-18-6-11-24(12-7-18)35(32,33)28(25-15-8-19(2)16-20(25)3)17-26(29)27-21(4)22-9-13-23(14-10-22)34(5,30)31/h6-16,21H,17H2,1-5H3,(H,27,29). The molecule has 0 radical (unpaired) electrons. The summed E-state index contributed by atoms with van der Waals surface area (Å²) in [5.41, 5.74) is 3.77. The van der Waals surface area contributed by atoms with Gasteiger partial charge in [-0.1, -0.05) is 47.5 Å². The topological polar surface area (TPSA) is 101 Å². The molecule has 35 heavy (non-hydrogen) atoms. The molecular formula is C26H30N2O5S2. The third-order valence-electron chi connectivity index (χ3n) is 5.70. The molecule has 0 saturated carbocycles. The highest BCUT2D eigenvalue weighted by Gasteiger charge is 2.28. The van der Waals surface area contributed by atoms with Crippen LogP contribution in [0.2, 0.25) is 0 Å². The molecule has 9 heteroatoms. The number of sulfone groups is 1. The number of nitrogens with one attached hydrogen (secondary N) is 1. The number of carbonyl (C=O) groups excluding carboxylic acids is 1. The van der Waals surface area contributed by atoms with E-state index in [2.05, 4.69) is 5.32 Å². The number of benzene rings is 3. The van der Waals surface area contributed by atoms with Crippen molar-refractivity contribution >= 4 is 31.5 Å². The molecule has 0 heterocycles. The molecule has 1 atom stereocenters. The lowest BCUT2D eigenvalue weighted by Crippen LogP contribution is -2.42. The van der Waals surface area contributed by atoms with Gasteiger partial charge in [0.15, 0.2) is 9.84 Å². The van der Waals surface area contributed by atoms with Crippen molar-refractivity contribution in [1.82, 2.24) is 5.32 Å². The molecule has 0 aromatic heterocycles. The zero-order valence-corrected chi connectivity index (χ0v) is 22.1. The first kappa shape index (κ1) is 26.4. The highest BCUT2D eigenvalue weighted by atomic mass is 32.2. The van der Waals surface area contributed by atoms with Gasteiger partial charge in [0.25, 0.3) is 10.0 Å². The van der Waals surface area contributed by atoms with Gasteiger partial charge >= 0.3 is 0 Å². The Hall–Kier alpha value is -3.17. The molecule has 1 unspecified atom stereocenters. The van der Waals surface area contributed by atoms with E-state index in [1.807, 2.05) is 32.9 Å². The Labute approximate surface area is 207 Å². The van der Waals surface area contributed by atoms with Crippen LogP contribution >= 0.6 is 0 Å². The third-order valence-corrected chi connectivity index (χ3v) is 8.61. The van der Waals surface area contributed by atoms with Crippen molar-refractivity contribution in [3.63, 3.8) is 0 Å². The maximum Gasteiger partial charge on any atom is 0.264 e. The predicted octanol–water partition coefficient (Wildman–Crippen LogP) is 4.09. The van der Waals surface area contributed by atoms with E-state index in [9.17, 15) is 21.6 Å². The van der Waals surface area contributed by atoms with Crippen molar-refractivity contribution in [2.75, 3.05) is 17.1 Å². The Morgan fingerprint density at radius 2 is 1.37 bits per heavy atom. The van der Waals surface area contributed by atoms with Crippen LogP contribution in [0.4, 0.5) is 5.69 Å². The molecule has 1 amide bonds. The van der Waals surface area contributed by atoms with E-state index < -0.39 is 38.4 Å². The average Bonchev–Trinajstić information content (AvgIpc) is 2.77. The van der Waals surface area contributed by atoms with Gasteiger partial charge in [0, 0.05) is 6.26 Å². The van der Waals surface area contributed by atoms with Crippen LogP contribution in [-0.2, 0) is 24.7 Å². The smallest absolute Gasteiger partial charge is 0.264 e. The number of sulfonamides is 1. The molecule has 0 aliphatic heterocycles.